The monoisotopic (exact) mass is 642 g/mol. The Morgan fingerprint density at radius 2 is 1.12 bits per heavy atom. The third-order valence-electron chi connectivity index (χ3n) is 8.67. The molecule has 0 amide bonds. The molecule has 12 nitrogen and oxygen atoms in total. The molecule has 2 aliphatic rings. The Balaban J connectivity index is 0.970. The molecule has 0 unspecified atom stereocenters. The van der Waals surface area contributed by atoms with Gasteiger partial charge in [0, 0.05) is 24.8 Å². The first-order valence-electron chi connectivity index (χ1n) is 16.3. The van der Waals surface area contributed by atoms with Crippen molar-refractivity contribution in [1.29, 1.82) is 0 Å². The average molecular weight is 643 g/mol. The van der Waals surface area contributed by atoms with Crippen molar-refractivity contribution in [3.63, 3.8) is 0 Å². The number of H-pyrrole nitrogens is 2. The fraction of sp³-hybridized carbons (Fsp3) is 0.278. The van der Waals surface area contributed by atoms with Gasteiger partial charge in [-0.3, -0.25) is 29.2 Å². The maximum atomic E-state index is 13.1. The minimum Gasteiger partial charge on any atom is -0.405 e. The second kappa shape index (κ2) is 12.8. The number of nitrogens with zero attached hydrogens (tertiary/aromatic N) is 6. The molecule has 2 aliphatic carbocycles. The van der Waals surface area contributed by atoms with Crippen LogP contribution in [0.4, 0.5) is 0 Å². The summed E-state index contributed by atoms with van der Waals surface area (Å²) in [5, 5.41) is 23.2. The van der Waals surface area contributed by atoms with Gasteiger partial charge in [-0.1, -0.05) is 48.5 Å². The molecular formula is C36H34N8O4. The van der Waals surface area contributed by atoms with Crippen LogP contribution in [0.5, 0.6) is 11.8 Å². The highest BCUT2D eigenvalue weighted by Gasteiger charge is 2.26. The van der Waals surface area contributed by atoms with E-state index in [1.807, 2.05) is 48.8 Å². The number of hydrogen-bond donors (Lipinski definition) is 2. The van der Waals surface area contributed by atoms with E-state index in [1.54, 1.807) is 21.8 Å². The van der Waals surface area contributed by atoms with Gasteiger partial charge in [-0.05, 0) is 71.9 Å². The molecule has 4 heterocycles. The topological polar surface area (TPSA) is 146 Å². The molecule has 0 atom stereocenters. The zero-order valence-corrected chi connectivity index (χ0v) is 26.2. The zero-order chi connectivity index (χ0) is 32.5. The molecular weight excluding hydrogens is 608 g/mol. The molecule has 2 fully saturated rings. The molecule has 2 aromatic carbocycles. The highest BCUT2D eigenvalue weighted by molar-refractivity contribution is 5.82. The molecule has 0 bridgehead atoms. The van der Waals surface area contributed by atoms with Crippen LogP contribution in [0, 0.1) is 0 Å². The van der Waals surface area contributed by atoms with Gasteiger partial charge in [0.05, 0.1) is 48.4 Å². The third-order valence-corrected chi connectivity index (χ3v) is 8.67. The molecule has 2 N–H and O–H groups in total. The minimum atomic E-state index is -0.585. The number of carbonyl (C=O) groups excluding carboxylic acids is 2. The van der Waals surface area contributed by atoms with Crippen LogP contribution in [0.1, 0.15) is 72.9 Å². The Morgan fingerprint density at radius 1 is 0.667 bits per heavy atom. The summed E-state index contributed by atoms with van der Waals surface area (Å²) in [6.45, 7) is 0.808. The van der Waals surface area contributed by atoms with Crippen LogP contribution in [-0.4, -0.2) is 51.9 Å². The van der Waals surface area contributed by atoms with Crippen molar-refractivity contribution >= 4 is 11.9 Å². The highest BCUT2D eigenvalue weighted by atomic mass is 16.6. The van der Waals surface area contributed by atoms with Crippen LogP contribution in [-0.2, 0) is 22.7 Å². The van der Waals surface area contributed by atoms with Crippen molar-refractivity contribution < 1.29 is 19.1 Å². The molecule has 8 rings (SSSR count). The van der Waals surface area contributed by atoms with Crippen LogP contribution in [0.2, 0.25) is 0 Å². The van der Waals surface area contributed by atoms with E-state index in [-0.39, 0.29) is 24.6 Å². The van der Waals surface area contributed by atoms with Gasteiger partial charge in [0.2, 0.25) is 11.8 Å². The van der Waals surface area contributed by atoms with E-state index in [0.29, 0.717) is 36.1 Å². The number of rotatable bonds is 13. The SMILES string of the molecule is O=C(CCC(=O)Oc1nn(Cc2cc[nH]n2)cc1-c1cccc(C2CC2)c1)Oc1nn(Cc2cc[nH]n2)cc1-c1cccc(C2CC2)c1. The summed E-state index contributed by atoms with van der Waals surface area (Å²) in [5.74, 6) is 0.343. The Hall–Kier alpha value is -5.78. The number of hydrogen-bond acceptors (Lipinski definition) is 8. The molecule has 6 aromatic rings. The van der Waals surface area contributed by atoms with Crippen molar-refractivity contribution in [1.82, 2.24) is 40.0 Å². The lowest BCUT2D eigenvalue weighted by atomic mass is 10.0. The van der Waals surface area contributed by atoms with Gasteiger partial charge in [-0.15, -0.1) is 10.2 Å². The van der Waals surface area contributed by atoms with Gasteiger partial charge in [0.15, 0.2) is 0 Å². The molecule has 48 heavy (non-hydrogen) atoms. The molecule has 0 spiro atoms. The van der Waals surface area contributed by atoms with Crippen LogP contribution in [0.15, 0.2) is 85.5 Å². The molecule has 0 aliphatic heterocycles. The Bertz CT molecular complexity index is 1900. The van der Waals surface area contributed by atoms with Crippen molar-refractivity contribution in [3.05, 3.63) is 108 Å². The van der Waals surface area contributed by atoms with E-state index in [0.717, 1.165) is 22.5 Å². The number of esters is 2. The number of benzene rings is 2. The molecule has 2 saturated carbocycles. The summed E-state index contributed by atoms with van der Waals surface area (Å²) in [6, 6.07) is 20.2. The predicted octanol–water partition coefficient (Wildman–Crippen LogP) is 6.00. The van der Waals surface area contributed by atoms with Crippen LogP contribution >= 0.6 is 0 Å². The van der Waals surface area contributed by atoms with Crippen molar-refractivity contribution in [2.24, 2.45) is 0 Å². The number of aromatic amines is 2. The summed E-state index contributed by atoms with van der Waals surface area (Å²) in [5.41, 5.74) is 7.34. The maximum Gasteiger partial charge on any atom is 0.313 e. The minimum absolute atomic E-state index is 0.187. The first-order valence-corrected chi connectivity index (χ1v) is 16.3. The van der Waals surface area contributed by atoms with Crippen LogP contribution < -0.4 is 9.47 Å². The number of nitrogens with one attached hydrogen (secondary N) is 2. The fourth-order valence-electron chi connectivity index (χ4n) is 5.88. The smallest absolute Gasteiger partial charge is 0.313 e. The van der Waals surface area contributed by atoms with Crippen LogP contribution in [0.25, 0.3) is 22.3 Å². The fourth-order valence-corrected chi connectivity index (χ4v) is 5.88. The summed E-state index contributed by atoms with van der Waals surface area (Å²) in [4.78, 5) is 26.2. The number of aromatic nitrogens is 8. The Morgan fingerprint density at radius 3 is 1.52 bits per heavy atom. The molecule has 0 radical (unpaired) electrons. The summed E-state index contributed by atoms with van der Waals surface area (Å²) in [6.07, 6.45) is 11.6. The van der Waals surface area contributed by atoms with E-state index < -0.39 is 11.9 Å². The van der Waals surface area contributed by atoms with Gasteiger partial charge in [-0.2, -0.15) is 10.2 Å². The third kappa shape index (κ3) is 6.82. The number of carbonyl (C=O) groups is 2. The normalized spacial score (nSPS) is 14.2. The van der Waals surface area contributed by atoms with Crippen molar-refractivity contribution in [2.75, 3.05) is 0 Å². The second-order valence-electron chi connectivity index (χ2n) is 12.5. The highest BCUT2D eigenvalue weighted by Crippen LogP contribution is 2.43. The van der Waals surface area contributed by atoms with Gasteiger partial charge in [0.25, 0.3) is 0 Å². The standard InChI is InChI=1S/C36H34N8O4/c45-33(47-35-31(21-43(41-35)19-29-13-15-37-39-29)27-5-1-3-25(17-27)23-7-8-23)11-12-34(46)48-36-32(22-44(42-36)20-30-14-16-38-40-30)28-6-2-4-26(18-28)24-9-10-24/h1-6,13-18,21-24H,7-12,19-20H2,(H,37,39)(H,38,40). The summed E-state index contributed by atoms with van der Waals surface area (Å²) in [7, 11) is 0. The lowest BCUT2D eigenvalue weighted by Crippen LogP contribution is -2.15. The largest absolute Gasteiger partial charge is 0.405 e. The summed E-state index contributed by atoms with van der Waals surface area (Å²) < 4.78 is 15.0. The van der Waals surface area contributed by atoms with E-state index in [9.17, 15) is 9.59 Å². The molecule has 0 saturated heterocycles. The van der Waals surface area contributed by atoms with E-state index in [4.69, 9.17) is 9.47 Å². The lowest BCUT2D eigenvalue weighted by molar-refractivity contribution is -0.140. The van der Waals surface area contributed by atoms with E-state index >= 15 is 0 Å². The predicted molar refractivity (Wildman–Crippen MR) is 175 cm³/mol. The molecule has 12 heteroatoms. The van der Waals surface area contributed by atoms with Gasteiger partial charge in [0.1, 0.15) is 0 Å². The first kappa shape index (κ1) is 29.6. The lowest BCUT2D eigenvalue weighted by Gasteiger charge is -2.07. The Labute approximate surface area is 276 Å². The average Bonchev–Trinajstić information content (AvgIpc) is 3.92. The van der Waals surface area contributed by atoms with Crippen LogP contribution in [0.3, 0.4) is 0 Å². The zero-order valence-electron chi connectivity index (χ0n) is 26.2. The number of ether oxygens (including phenoxy) is 2. The quantitative estimate of drug-likeness (QED) is 0.146. The first-order chi connectivity index (χ1) is 23.5. The van der Waals surface area contributed by atoms with Gasteiger partial charge < -0.3 is 9.47 Å². The maximum absolute atomic E-state index is 13.1. The van der Waals surface area contributed by atoms with Crippen molar-refractivity contribution in [3.8, 4) is 34.0 Å². The van der Waals surface area contributed by atoms with Gasteiger partial charge >= 0.3 is 11.9 Å². The van der Waals surface area contributed by atoms with Crippen molar-refractivity contribution in [2.45, 2.75) is 63.5 Å². The molecule has 4 aromatic heterocycles. The van der Waals surface area contributed by atoms with E-state index in [1.165, 1.54) is 36.8 Å². The summed E-state index contributed by atoms with van der Waals surface area (Å²) >= 11 is 0. The second-order valence-corrected chi connectivity index (χ2v) is 12.5. The van der Waals surface area contributed by atoms with Gasteiger partial charge in [-0.25, -0.2) is 0 Å². The van der Waals surface area contributed by atoms with E-state index in [2.05, 4.69) is 54.9 Å². The Kier molecular flexibility index (Phi) is 7.89. The molecule has 242 valence electrons.